The molecule has 9 nitrogen and oxygen atoms in total. The van der Waals surface area contributed by atoms with Crippen LogP contribution in [0.15, 0.2) is 52.9 Å². The molecule has 170 valence electrons. The number of fused-ring (bicyclic) bond motifs is 2. The van der Waals surface area contributed by atoms with Gasteiger partial charge in [0, 0.05) is 24.4 Å². The number of carbonyl (C=O) groups excluding carboxylic acids is 1. The highest BCUT2D eigenvalue weighted by molar-refractivity contribution is 6.06. The summed E-state index contributed by atoms with van der Waals surface area (Å²) < 4.78 is 10.9. The zero-order chi connectivity index (χ0) is 23.7. The Morgan fingerprint density at radius 3 is 2.82 bits per heavy atom. The Morgan fingerprint density at radius 2 is 2.03 bits per heavy atom. The molecule has 0 atom stereocenters. The van der Waals surface area contributed by atoms with Gasteiger partial charge in [-0.25, -0.2) is 9.78 Å². The predicted molar refractivity (Wildman–Crippen MR) is 124 cm³/mol. The first-order valence-corrected chi connectivity index (χ1v) is 10.8. The van der Waals surface area contributed by atoms with E-state index in [-0.39, 0.29) is 18.2 Å². The number of ether oxygens (including phenoxy) is 1. The van der Waals surface area contributed by atoms with Crippen LogP contribution in [0.4, 0.5) is 5.69 Å². The van der Waals surface area contributed by atoms with Crippen LogP contribution in [-0.4, -0.2) is 26.1 Å². The van der Waals surface area contributed by atoms with Gasteiger partial charge in [0.1, 0.15) is 0 Å². The molecule has 0 amide bonds. The van der Waals surface area contributed by atoms with Gasteiger partial charge in [0.05, 0.1) is 21.7 Å². The van der Waals surface area contributed by atoms with E-state index in [9.17, 15) is 14.9 Å². The first-order valence-electron chi connectivity index (χ1n) is 10.8. The molecule has 34 heavy (non-hydrogen) atoms. The lowest BCUT2D eigenvalue weighted by molar-refractivity contribution is -0.384. The lowest BCUT2D eigenvalue weighted by Crippen LogP contribution is -2.15. The Labute approximate surface area is 194 Å². The van der Waals surface area contributed by atoms with E-state index < -0.39 is 10.9 Å². The highest BCUT2D eigenvalue weighted by Gasteiger charge is 2.26. The Bertz CT molecular complexity index is 1460. The summed E-state index contributed by atoms with van der Waals surface area (Å²) in [4.78, 5) is 28.9. The Hall–Kier alpha value is -4.40. The molecular formula is C25H20N4O5. The summed E-state index contributed by atoms with van der Waals surface area (Å²) in [5.74, 6) is 0.139. The quantitative estimate of drug-likeness (QED) is 0.232. The molecule has 0 radical (unpaired) electrons. The molecule has 0 saturated heterocycles. The van der Waals surface area contributed by atoms with Crippen molar-refractivity contribution < 1.29 is 18.9 Å². The predicted octanol–water partition coefficient (Wildman–Crippen LogP) is 5.07. The number of pyridine rings is 1. The van der Waals surface area contributed by atoms with Crippen molar-refractivity contribution in [1.82, 2.24) is 15.2 Å². The molecule has 0 fully saturated rings. The molecule has 0 saturated carbocycles. The van der Waals surface area contributed by atoms with Gasteiger partial charge in [-0.05, 0) is 48.1 Å². The fraction of sp³-hybridized carbons (Fsp3) is 0.200. The van der Waals surface area contributed by atoms with Crippen molar-refractivity contribution in [3.05, 3.63) is 92.8 Å². The summed E-state index contributed by atoms with van der Waals surface area (Å²) in [7, 11) is 0. The fourth-order valence-corrected chi connectivity index (χ4v) is 4.23. The minimum atomic E-state index is -0.484. The smallest absolute Gasteiger partial charge is 0.339 e. The van der Waals surface area contributed by atoms with Crippen LogP contribution in [0.5, 0.6) is 0 Å². The average Bonchev–Trinajstić information content (AvgIpc) is 3.26. The van der Waals surface area contributed by atoms with Crippen LogP contribution >= 0.6 is 0 Å². The first-order chi connectivity index (χ1) is 16.5. The number of nitro benzene ring substituents is 1. The number of aryl methyl sites for hydroxylation is 1. The van der Waals surface area contributed by atoms with Crippen molar-refractivity contribution in [2.45, 2.75) is 32.8 Å². The van der Waals surface area contributed by atoms with E-state index in [1.807, 2.05) is 36.4 Å². The largest absolute Gasteiger partial charge is 0.452 e. The van der Waals surface area contributed by atoms with E-state index in [0.717, 1.165) is 29.7 Å². The molecule has 4 aromatic rings. The minimum Gasteiger partial charge on any atom is -0.452 e. The molecule has 2 heterocycles. The van der Waals surface area contributed by atoms with Gasteiger partial charge in [-0.1, -0.05) is 30.3 Å². The van der Waals surface area contributed by atoms with Crippen LogP contribution in [-0.2, 0) is 17.8 Å². The lowest BCUT2D eigenvalue weighted by Gasteiger charge is -2.22. The number of aromatic nitrogens is 3. The van der Waals surface area contributed by atoms with Crippen LogP contribution in [0, 0.1) is 17.0 Å². The van der Waals surface area contributed by atoms with E-state index in [4.69, 9.17) is 14.1 Å². The zero-order valence-corrected chi connectivity index (χ0v) is 18.4. The van der Waals surface area contributed by atoms with Crippen LogP contribution in [0.25, 0.3) is 22.6 Å². The van der Waals surface area contributed by atoms with Crippen LogP contribution in [0.3, 0.4) is 0 Å². The van der Waals surface area contributed by atoms with Gasteiger partial charge in [-0.2, -0.15) is 0 Å². The molecule has 1 aliphatic rings. The number of carbonyl (C=O) groups is 1. The van der Waals surface area contributed by atoms with E-state index in [2.05, 4.69) is 10.2 Å². The zero-order valence-electron chi connectivity index (χ0n) is 18.4. The second kappa shape index (κ2) is 8.86. The van der Waals surface area contributed by atoms with Crippen molar-refractivity contribution in [3.63, 3.8) is 0 Å². The normalized spacial score (nSPS) is 14.2. The van der Waals surface area contributed by atoms with Gasteiger partial charge >= 0.3 is 5.97 Å². The molecule has 2 aromatic heterocycles. The fourth-order valence-electron chi connectivity index (χ4n) is 4.23. The maximum absolute atomic E-state index is 13.3. The summed E-state index contributed by atoms with van der Waals surface area (Å²) in [5.41, 5.74) is 4.34. The maximum Gasteiger partial charge on any atom is 0.339 e. The van der Waals surface area contributed by atoms with Crippen molar-refractivity contribution in [3.8, 4) is 0 Å². The second-order valence-corrected chi connectivity index (χ2v) is 8.00. The number of benzene rings is 2. The van der Waals surface area contributed by atoms with E-state index >= 15 is 0 Å². The molecule has 9 heteroatoms. The number of hydrogen-bond acceptors (Lipinski definition) is 8. The standard InChI is InChI=1S/C25H20N4O5/c1-15-27-28-22(34-15)14-33-25(30)23-19-9-2-3-11-21(19)26-24-17(7-5-10-20(23)24)12-16-6-4-8-18(13-16)29(31)32/h2-4,6,8-9,11-13H,5,7,10,14H2,1H3/b17-12+. The summed E-state index contributed by atoms with van der Waals surface area (Å²) >= 11 is 0. The van der Waals surface area contributed by atoms with Crippen molar-refractivity contribution in [2.75, 3.05) is 0 Å². The van der Waals surface area contributed by atoms with Gasteiger partial charge in [0.2, 0.25) is 5.89 Å². The molecule has 1 aliphatic carbocycles. The van der Waals surface area contributed by atoms with E-state index in [1.165, 1.54) is 12.1 Å². The summed E-state index contributed by atoms with van der Waals surface area (Å²) in [6, 6.07) is 13.9. The van der Waals surface area contributed by atoms with Crippen LogP contribution in [0.1, 0.15) is 51.8 Å². The topological polar surface area (TPSA) is 121 Å². The van der Waals surface area contributed by atoms with Gasteiger partial charge in [-0.15, -0.1) is 10.2 Å². The van der Waals surface area contributed by atoms with Gasteiger partial charge < -0.3 is 9.15 Å². The summed E-state index contributed by atoms with van der Waals surface area (Å²) in [6.45, 7) is 1.54. The third-order valence-electron chi connectivity index (χ3n) is 5.69. The minimum absolute atomic E-state index is 0.0254. The van der Waals surface area contributed by atoms with Crippen LogP contribution < -0.4 is 0 Å². The molecule has 5 rings (SSSR count). The number of rotatable bonds is 5. The number of para-hydroxylation sites is 1. The molecule has 2 aromatic carbocycles. The van der Waals surface area contributed by atoms with Crippen molar-refractivity contribution in [2.24, 2.45) is 0 Å². The monoisotopic (exact) mass is 456 g/mol. The molecular weight excluding hydrogens is 436 g/mol. The van der Waals surface area contributed by atoms with Gasteiger partial charge in [-0.3, -0.25) is 10.1 Å². The third kappa shape index (κ3) is 4.15. The number of hydrogen-bond donors (Lipinski definition) is 0. The SMILES string of the molecule is Cc1nnc(COC(=O)c2c3c(nc4ccccc24)/C(=C/c2cccc([N+](=O)[O-])c2)CCC3)o1. The second-order valence-electron chi connectivity index (χ2n) is 8.00. The Balaban J connectivity index is 1.58. The van der Waals surface area contributed by atoms with Crippen molar-refractivity contribution >= 4 is 34.2 Å². The molecule has 0 unspecified atom stereocenters. The van der Waals surface area contributed by atoms with Gasteiger partial charge in [0.15, 0.2) is 6.61 Å². The summed E-state index contributed by atoms with van der Waals surface area (Å²) in [5, 5.41) is 19.5. The highest BCUT2D eigenvalue weighted by atomic mass is 16.6. The Morgan fingerprint density at radius 1 is 1.18 bits per heavy atom. The number of nitro groups is 1. The molecule has 0 aliphatic heterocycles. The average molecular weight is 456 g/mol. The van der Waals surface area contributed by atoms with Crippen LogP contribution in [0.2, 0.25) is 0 Å². The van der Waals surface area contributed by atoms with E-state index in [0.29, 0.717) is 34.3 Å². The summed E-state index contributed by atoms with van der Waals surface area (Å²) in [6.07, 6.45) is 4.14. The molecule has 0 spiro atoms. The van der Waals surface area contributed by atoms with Gasteiger partial charge in [0.25, 0.3) is 11.6 Å². The molecule has 0 N–H and O–H groups in total. The number of esters is 1. The number of allylic oxidation sites excluding steroid dienone is 1. The maximum atomic E-state index is 13.3. The highest BCUT2D eigenvalue weighted by Crippen LogP contribution is 2.36. The third-order valence-corrected chi connectivity index (χ3v) is 5.69. The molecule has 0 bridgehead atoms. The lowest BCUT2D eigenvalue weighted by atomic mass is 9.86. The van der Waals surface area contributed by atoms with E-state index in [1.54, 1.807) is 13.0 Å². The Kier molecular flexibility index (Phi) is 5.59. The first kappa shape index (κ1) is 21.4. The van der Waals surface area contributed by atoms with Crippen molar-refractivity contribution in [1.29, 1.82) is 0 Å². The number of non-ortho nitro benzene ring substituents is 1. The number of nitrogens with zero attached hydrogens (tertiary/aromatic N) is 4.